The molecule has 0 N–H and O–H groups in total. The van der Waals surface area contributed by atoms with Crippen LogP contribution in [0.4, 0.5) is 5.69 Å². The summed E-state index contributed by atoms with van der Waals surface area (Å²) >= 11 is 1.80. The van der Waals surface area contributed by atoms with E-state index in [1.165, 1.54) is 36.3 Å². The van der Waals surface area contributed by atoms with E-state index >= 15 is 0 Å². The van der Waals surface area contributed by atoms with Crippen molar-refractivity contribution in [3.63, 3.8) is 0 Å². The van der Waals surface area contributed by atoms with Crippen molar-refractivity contribution in [3.8, 4) is 17.4 Å². The molecule has 5 heteroatoms. The number of para-hydroxylation sites is 2. The molecule has 7 aromatic carbocycles. The maximum Gasteiger partial charge on any atom is 0.212 e. The van der Waals surface area contributed by atoms with Crippen molar-refractivity contribution in [2.75, 3.05) is 0 Å². The highest BCUT2D eigenvalue weighted by Crippen LogP contribution is 2.45. The summed E-state index contributed by atoms with van der Waals surface area (Å²) in [6.45, 7) is 8.41. The molecule has 0 spiro atoms. The molecule has 0 bridgehead atoms. The predicted molar refractivity (Wildman–Crippen MR) is 196 cm³/mol. The van der Waals surface area contributed by atoms with E-state index in [9.17, 15) is 5.26 Å². The Kier molecular flexibility index (Phi) is 5.26. The second kappa shape index (κ2) is 9.55. The number of thiophene rings is 1. The molecule has 0 aliphatic rings. The molecule has 0 aliphatic heterocycles. The Bertz CT molecular complexity index is 3050. The predicted octanol–water partition coefficient (Wildman–Crippen LogP) is 11.8. The first-order valence-electron chi connectivity index (χ1n) is 15.5. The van der Waals surface area contributed by atoms with Gasteiger partial charge in [0.1, 0.15) is 6.07 Å². The molecule has 10 rings (SSSR count). The smallest absolute Gasteiger partial charge is 0.212 e. The summed E-state index contributed by atoms with van der Waals surface area (Å²) in [5.41, 5.74) is 6.45. The highest BCUT2D eigenvalue weighted by atomic mass is 32.1. The molecule has 216 valence electrons. The minimum Gasteiger partial charge on any atom is -0.319 e. The zero-order valence-electron chi connectivity index (χ0n) is 24.9. The Morgan fingerprint density at radius 2 is 1.15 bits per heavy atom. The lowest BCUT2D eigenvalue weighted by Crippen LogP contribution is -2.01. The van der Waals surface area contributed by atoms with Gasteiger partial charge in [-0.1, -0.05) is 84.9 Å². The summed E-state index contributed by atoms with van der Waals surface area (Å²) in [5.74, 6) is 0. The topological polar surface area (TPSA) is 38.0 Å². The van der Waals surface area contributed by atoms with Gasteiger partial charge in [0.25, 0.3) is 0 Å². The first-order chi connectivity index (χ1) is 23.2. The molecule has 0 unspecified atom stereocenters. The van der Waals surface area contributed by atoms with E-state index in [1.54, 1.807) is 11.3 Å². The van der Waals surface area contributed by atoms with Crippen LogP contribution in [-0.2, 0) is 0 Å². The monoisotopic (exact) mass is 614 g/mol. The van der Waals surface area contributed by atoms with Gasteiger partial charge >= 0.3 is 0 Å². The Morgan fingerprint density at radius 3 is 1.91 bits per heavy atom. The van der Waals surface area contributed by atoms with Crippen molar-refractivity contribution in [3.05, 3.63) is 150 Å². The normalized spacial score (nSPS) is 11.8. The van der Waals surface area contributed by atoms with E-state index in [4.69, 9.17) is 6.57 Å². The van der Waals surface area contributed by atoms with Crippen LogP contribution < -0.4 is 0 Å². The maximum absolute atomic E-state index is 10.7. The van der Waals surface area contributed by atoms with Crippen molar-refractivity contribution in [1.29, 1.82) is 5.26 Å². The van der Waals surface area contributed by atoms with Crippen LogP contribution in [0.1, 0.15) is 5.56 Å². The molecule has 0 radical (unpaired) electrons. The fraction of sp³-hybridized carbons (Fsp3) is 0. The summed E-state index contributed by atoms with van der Waals surface area (Å²) < 4.78 is 6.82. The van der Waals surface area contributed by atoms with Crippen molar-refractivity contribution in [1.82, 2.24) is 9.13 Å². The molecule has 0 aliphatic carbocycles. The van der Waals surface area contributed by atoms with Crippen LogP contribution in [0.3, 0.4) is 0 Å². The molecule has 3 aromatic heterocycles. The van der Waals surface area contributed by atoms with Gasteiger partial charge in [0, 0.05) is 41.7 Å². The molecular weight excluding hydrogens is 593 g/mol. The molecule has 0 fully saturated rings. The van der Waals surface area contributed by atoms with E-state index in [1.807, 2.05) is 24.3 Å². The van der Waals surface area contributed by atoms with E-state index < -0.39 is 0 Å². The van der Waals surface area contributed by atoms with Gasteiger partial charge in [-0.2, -0.15) is 5.26 Å². The molecular formula is C42H22N4S. The Hall–Kier alpha value is -6.40. The first kappa shape index (κ1) is 25.9. The van der Waals surface area contributed by atoms with Gasteiger partial charge in [-0.15, -0.1) is 11.3 Å². The second-order valence-corrected chi connectivity index (χ2v) is 13.0. The fourth-order valence-electron chi connectivity index (χ4n) is 7.64. The fourth-order valence-corrected chi connectivity index (χ4v) is 8.76. The first-order valence-corrected chi connectivity index (χ1v) is 16.3. The number of aromatic nitrogens is 2. The Labute approximate surface area is 273 Å². The Balaban J connectivity index is 1.32. The third kappa shape index (κ3) is 3.44. The molecule has 3 heterocycles. The zero-order chi connectivity index (χ0) is 31.2. The lowest BCUT2D eigenvalue weighted by Gasteiger charge is -2.16. The minimum absolute atomic E-state index is 0.489. The number of nitrogens with zero attached hydrogens (tertiary/aromatic N) is 4. The summed E-state index contributed by atoms with van der Waals surface area (Å²) in [6, 6.07) is 48.7. The molecule has 47 heavy (non-hydrogen) atoms. The van der Waals surface area contributed by atoms with Crippen LogP contribution in [0.5, 0.6) is 0 Å². The van der Waals surface area contributed by atoms with Crippen LogP contribution >= 0.6 is 11.3 Å². The number of hydrogen-bond acceptors (Lipinski definition) is 2. The number of hydrogen-bond donors (Lipinski definition) is 0. The van der Waals surface area contributed by atoms with Gasteiger partial charge in [-0.3, -0.25) is 0 Å². The summed E-state index contributed by atoms with van der Waals surface area (Å²) in [5, 5.41) is 20.1. The number of nitriles is 1. The largest absolute Gasteiger partial charge is 0.319 e. The van der Waals surface area contributed by atoms with Gasteiger partial charge in [0.2, 0.25) is 5.69 Å². The average Bonchev–Trinajstić information content (AvgIpc) is 3.78. The van der Waals surface area contributed by atoms with E-state index in [-0.39, 0.29) is 0 Å². The highest BCUT2D eigenvalue weighted by Gasteiger charge is 2.23. The second-order valence-electron chi connectivity index (χ2n) is 11.9. The number of benzene rings is 7. The van der Waals surface area contributed by atoms with Gasteiger partial charge in [-0.05, 0) is 59.3 Å². The summed E-state index contributed by atoms with van der Waals surface area (Å²) in [6.07, 6.45) is 0. The van der Waals surface area contributed by atoms with E-state index in [0.29, 0.717) is 22.6 Å². The third-order valence-electron chi connectivity index (χ3n) is 9.55. The van der Waals surface area contributed by atoms with Crippen LogP contribution in [0.25, 0.3) is 90.8 Å². The number of rotatable bonds is 2. The molecule has 0 atom stereocenters. The van der Waals surface area contributed by atoms with Crippen LogP contribution in [0, 0.1) is 17.9 Å². The average molecular weight is 615 g/mol. The third-order valence-corrected chi connectivity index (χ3v) is 10.7. The van der Waals surface area contributed by atoms with Gasteiger partial charge in [0.15, 0.2) is 0 Å². The molecule has 4 nitrogen and oxygen atoms in total. The molecule has 0 amide bonds. The quantitative estimate of drug-likeness (QED) is 0.179. The standard InChI is InChI=1S/C42H22N4S/c1-44-31-23-36(45-33-16-8-5-13-29(33)41-35(45)20-21-39-42(41)30-14-6-9-17-38(30)47-39)26(24-43)22-37(31)46-32-15-7-4-12-28(32)40-27-11-3-2-10-25(27)18-19-34(40)46/h2-23H. The summed E-state index contributed by atoms with van der Waals surface area (Å²) in [4.78, 5) is 4.10. The van der Waals surface area contributed by atoms with Crippen LogP contribution in [0.2, 0.25) is 0 Å². The molecule has 0 saturated heterocycles. The SMILES string of the molecule is [C-]#[N+]c1cc(-n2c3ccccc3c3c4c(ccc32)sc2ccccc24)c(C#N)cc1-n1c2ccccc2c2c3ccccc3ccc21. The maximum atomic E-state index is 10.7. The molecule has 0 saturated carbocycles. The van der Waals surface area contributed by atoms with Crippen molar-refractivity contribution < 1.29 is 0 Å². The molecule has 10 aromatic rings. The zero-order valence-corrected chi connectivity index (χ0v) is 25.7. The van der Waals surface area contributed by atoms with Crippen molar-refractivity contribution >= 4 is 91.6 Å². The Morgan fingerprint density at radius 1 is 0.532 bits per heavy atom. The van der Waals surface area contributed by atoms with Crippen LogP contribution in [-0.4, -0.2) is 9.13 Å². The lowest BCUT2D eigenvalue weighted by atomic mass is 10.0. The van der Waals surface area contributed by atoms with E-state index in [2.05, 4.69) is 129 Å². The lowest BCUT2D eigenvalue weighted by molar-refractivity contribution is 1.14. The van der Waals surface area contributed by atoms with Crippen LogP contribution in [0.15, 0.2) is 133 Å². The van der Waals surface area contributed by atoms with Gasteiger partial charge in [0.05, 0.1) is 45.6 Å². The van der Waals surface area contributed by atoms with Gasteiger partial charge < -0.3 is 9.13 Å². The van der Waals surface area contributed by atoms with Gasteiger partial charge in [-0.25, -0.2) is 4.85 Å². The summed E-state index contributed by atoms with van der Waals surface area (Å²) in [7, 11) is 0. The van der Waals surface area contributed by atoms with Crippen molar-refractivity contribution in [2.45, 2.75) is 0 Å². The minimum atomic E-state index is 0.489. The van der Waals surface area contributed by atoms with Crippen molar-refractivity contribution in [2.24, 2.45) is 0 Å². The number of fused-ring (bicyclic) bond motifs is 12. The van der Waals surface area contributed by atoms with E-state index in [0.717, 1.165) is 38.2 Å². The highest BCUT2D eigenvalue weighted by molar-refractivity contribution is 7.26.